The Balaban J connectivity index is 1.17. The van der Waals surface area contributed by atoms with Crippen molar-refractivity contribution in [2.75, 3.05) is 25.5 Å². The standard InChI is InChI=1S/C26H28N4O4/c1-33-21-9-7-20(8-10-21)28-25(31)19-11-13-29(14-12-19)26(32)24-22-16-34-23(15-30(22)17-27-24)18-5-3-2-4-6-18/h2-10,17,19,23H,11-16H2,1H3,(H,28,31)/t23-/m1/s1. The van der Waals surface area contributed by atoms with Gasteiger partial charge in [-0.05, 0) is 42.7 Å². The van der Waals surface area contributed by atoms with Crippen molar-refractivity contribution in [3.05, 3.63) is 77.9 Å². The smallest absolute Gasteiger partial charge is 0.274 e. The summed E-state index contributed by atoms with van der Waals surface area (Å²) in [5, 5.41) is 2.96. The van der Waals surface area contributed by atoms with E-state index in [2.05, 4.69) is 10.3 Å². The van der Waals surface area contributed by atoms with Crippen molar-refractivity contribution >= 4 is 17.5 Å². The van der Waals surface area contributed by atoms with Gasteiger partial charge in [-0.1, -0.05) is 30.3 Å². The van der Waals surface area contributed by atoms with E-state index in [1.807, 2.05) is 59.2 Å². The second-order valence-electron chi connectivity index (χ2n) is 8.69. The minimum absolute atomic E-state index is 0.0167. The molecule has 1 N–H and O–H groups in total. The summed E-state index contributed by atoms with van der Waals surface area (Å²) in [6.45, 7) is 2.03. The predicted octanol–water partition coefficient (Wildman–Crippen LogP) is 3.65. The number of aromatic nitrogens is 2. The van der Waals surface area contributed by atoms with Gasteiger partial charge in [-0.2, -0.15) is 0 Å². The number of fused-ring (bicyclic) bond motifs is 1. The van der Waals surface area contributed by atoms with Crippen molar-refractivity contribution in [2.24, 2.45) is 5.92 Å². The minimum Gasteiger partial charge on any atom is -0.497 e. The number of imidazole rings is 1. The summed E-state index contributed by atoms with van der Waals surface area (Å²) < 4.78 is 13.2. The number of carbonyl (C=O) groups excluding carboxylic acids is 2. The van der Waals surface area contributed by atoms with Gasteiger partial charge < -0.3 is 24.3 Å². The van der Waals surface area contributed by atoms with Crippen molar-refractivity contribution < 1.29 is 19.1 Å². The van der Waals surface area contributed by atoms with Crippen LogP contribution in [0.5, 0.6) is 5.75 Å². The fourth-order valence-electron chi connectivity index (χ4n) is 4.59. The van der Waals surface area contributed by atoms with Crippen LogP contribution >= 0.6 is 0 Å². The molecule has 5 rings (SSSR count). The van der Waals surface area contributed by atoms with E-state index in [-0.39, 0.29) is 23.8 Å². The molecule has 3 aromatic rings. The van der Waals surface area contributed by atoms with Gasteiger partial charge in [0.05, 0.1) is 32.3 Å². The SMILES string of the molecule is COc1ccc(NC(=O)C2CCN(C(=O)c3ncn4c3CO[C@@H](c3ccccc3)C4)CC2)cc1. The van der Waals surface area contributed by atoms with Gasteiger partial charge in [-0.25, -0.2) is 4.98 Å². The number of ether oxygens (including phenoxy) is 2. The number of likely N-dealkylation sites (tertiary alicyclic amines) is 1. The molecule has 8 heteroatoms. The normalized spacial score (nSPS) is 18.3. The Morgan fingerprint density at radius 2 is 1.79 bits per heavy atom. The second kappa shape index (κ2) is 9.69. The van der Waals surface area contributed by atoms with Crippen LogP contribution in [0, 0.1) is 5.92 Å². The highest BCUT2D eigenvalue weighted by molar-refractivity contribution is 5.95. The second-order valence-corrected chi connectivity index (χ2v) is 8.69. The third-order valence-electron chi connectivity index (χ3n) is 6.61. The molecule has 2 aliphatic heterocycles. The molecular formula is C26H28N4O4. The fraction of sp³-hybridized carbons (Fsp3) is 0.346. The molecule has 1 saturated heterocycles. The van der Waals surface area contributed by atoms with Crippen molar-refractivity contribution in [2.45, 2.75) is 32.1 Å². The van der Waals surface area contributed by atoms with Crippen molar-refractivity contribution in [3.8, 4) is 5.75 Å². The molecule has 0 aliphatic carbocycles. The molecule has 2 aromatic carbocycles. The summed E-state index contributed by atoms with van der Waals surface area (Å²) in [7, 11) is 1.61. The highest BCUT2D eigenvalue weighted by Crippen LogP contribution is 2.29. The van der Waals surface area contributed by atoms with Crippen LogP contribution in [0.2, 0.25) is 0 Å². The summed E-state index contributed by atoms with van der Waals surface area (Å²) in [4.78, 5) is 32.1. The Bertz CT molecular complexity index is 1150. The highest BCUT2D eigenvalue weighted by Gasteiger charge is 2.32. The van der Waals surface area contributed by atoms with E-state index in [9.17, 15) is 9.59 Å². The van der Waals surface area contributed by atoms with E-state index < -0.39 is 0 Å². The molecule has 0 spiro atoms. The number of methoxy groups -OCH3 is 1. The van der Waals surface area contributed by atoms with Gasteiger partial charge >= 0.3 is 0 Å². The van der Waals surface area contributed by atoms with Crippen LogP contribution < -0.4 is 10.1 Å². The van der Waals surface area contributed by atoms with E-state index >= 15 is 0 Å². The maximum Gasteiger partial charge on any atom is 0.274 e. The zero-order chi connectivity index (χ0) is 23.5. The molecule has 0 radical (unpaired) electrons. The number of carbonyl (C=O) groups is 2. The summed E-state index contributed by atoms with van der Waals surface area (Å²) in [5.41, 5.74) is 3.12. The van der Waals surface area contributed by atoms with E-state index in [1.54, 1.807) is 18.3 Å². The Labute approximate surface area is 198 Å². The van der Waals surface area contributed by atoms with Crippen LogP contribution in [0.3, 0.4) is 0 Å². The fourth-order valence-corrected chi connectivity index (χ4v) is 4.59. The largest absolute Gasteiger partial charge is 0.497 e. The lowest BCUT2D eigenvalue weighted by Gasteiger charge is -2.31. The van der Waals surface area contributed by atoms with Crippen molar-refractivity contribution in [1.29, 1.82) is 0 Å². The van der Waals surface area contributed by atoms with Crippen LogP contribution in [-0.4, -0.2) is 46.5 Å². The highest BCUT2D eigenvalue weighted by atomic mass is 16.5. The Morgan fingerprint density at radius 1 is 1.06 bits per heavy atom. The monoisotopic (exact) mass is 460 g/mol. The first-order valence-electron chi connectivity index (χ1n) is 11.6. The van der Waals surface area contributed by atoms with Crippen LogP contribution in [-0.2, 0) is 22.7 Å². The summed E-state index contributed by atoms with van der Waals surface area (Å²) >= 11 is 0. The van der Waals surface area contributed by atoms with Crippen molar-refractivity contribution in [3.63, 3.8) is 0 Å². The number of rotatable bonds is 5. The first-order chi connectivity index (χ1) is 16.6. The van der Waals surface area contributed by atoms with Crippen molar-refractivity contribution in [1.82, 2.24) is 14.5 Å². The Kier molecular flexibility index (Phi) is 6.31. The molecule has 1 aromatic heterocycles. The molecule has 8 nitrogen and oxygen atoms in total. The lowest BCUT2D eigenvalue weighted by Crippen LogP contribution is -2.42. The van der Waals surface area contributed by atoms with E-state index in [1.165, 1.54) is 0 Å². The zero-order valence-electron chi connectivity index (χ0n) is 19.1. The predicted molar refractivity (Wildman–Crippen MR) is 126 cm³/mol. The van der Waals surface area contributed by atoms with Gasteiger partial charge in [0.2, 0.25) is 5.91 Å². The van der Waals surface area contributed by atoms with Gasteiger partial charge in [0.1, 0.15) is 11.9 Å². The molecule has 1 fully saturated rings. The first kappa shape index (κ1) is 22.2. The minimum atomic E-state index is -0.128. The summed E-state index contributed by atoms with van der Waals surface area (Å²) in [5.74, 6) is 0.505. The first-order valence-corrected chi connectivity index (χ1v) is 11.6. The number of piperidine rings is 1. The number of nitrogens with one attached hydrogen (secondary N) is 1. The number of benzene rings is 2. The molecule has 2 amide bonds. The third-order valence-corrected chi connectivity index (χ3v) is 6.61. The number of hydrogen-bond donors (Lipinski definition) is 1. The molecule has 3 heterocycles. The molecule has 0 bridgehead atoms. The maximum absolute atomic E-state index is 13.2. The topological polar surface area (TPSA) is 85.7 Å². The van der Waals surface area contributed by atoms with Crippen LogP contribution in [0.25, 0.3) is 0 Å². The van der Waals surface area contributed by atoms with Gasteiger partial charge in [-0.15, -0.1) is 0 Å². The molecule has 1 atom stereocenters. The molecule has 2 aliphatic rings. The van der Waals surface area contributed by atoms with Crippen LogP contribution in [0.1, 0.15) is 40.7 Å². The third kappa shape index (κ3) is 4.54. The average Bonchev–Trinajstić information content (AvgIpc) is 3.32. The van der Waals surface area contributed by atoms with Gasteiger partial charge in [0.25, 0.3) is 5.91 Å². The summed E-state index contributed by atoms with van der Waals surface area (Å²) in [6.07, 6.45) is 2.92. The zero-order valence-corrected chi connectivity index (χ0v) is 19.1. The van der Waals surface area contributed by atoms with E-state index in [4.69, 9.17) is 9.47 Å². The maximum atomic E-state index is 13.2. The van der Waals surface area contributed by atoms with E-state index in [0.717, 1.165) is 22.7 Å². The molecule has 34 heavy (non-hydrogen) atoms. The Hall–Kier alpha value is -3.65. The lowest BCUT2D eigenvalue weighted by atomic mass is 9.95. The van der Waals surface area contributed by atoms with E-state index in [0.29, 0.717) is 44.8 Å². The lowest BCUT2D eigenvalue weighted by molar-refractivity contribution is -0.121. The number of anilines is 1. The van der Waals surface area contributed by atoms with Gasteiger partial charge in [-0.3, -0.25) is 9.59 Å². The summed E-state index contributed by atoms with van der Waals surface area (Å²) in [6, 6.07) is 17.3. The quantitative estimate of drug-likeness (QED) is 0.628. The number of hydrogen-bond acceptors (Lipinski definition) is 5. The number of amides is 2. The molecule has 0 unspecified atom stereocenters. The molecule has 176 valence electrons. The van der Waals surface area contributed by atoms with Gasteiger partial charge in [0.15, 0.2) is 5.69 Å². The average molecular weight is 461 g/mol. The van der Waals surface area contributed by atoms with Crippen LogP contribution in [0.15, 0.2) is 60.9 Å². The Morgan fingerprint density at radius 3 is 2.50 bits per heavy atom. The molecule has 0 saturated carbocycles. The van der Waals surface area contributed by atoms with Crippen LogP contribution in [0.4, 0.5) is 5.69 Å². The molecular weight excluding hydrogens is 432 g/mol. The van der Waals surface area contributed by atoms with Gasteiger partial charge in [0, 0.05) is 24.7 Å². The number of nitrogens with zero attached hydrogens (tertiary/aromatic N) is 3.